The molecule has 1 aromatic rings. The van der Waals surface area contributed by atoms with Crippen LogP contribution in [0.15, 0.2) is 16.6 Å². The van der Waals surface area contributed by atoms with E-state index in [0.717, 1.165) is 6.42 Å². The second kappa shape index (κ2) is 5.04. The molecule has 1 aliphatic heterocycles. The van der Waals surface area contributed by atoms with Crippen LogP contribution in [0.4, 0.5) is 0 Å². The molecule has 4 nitrogen and oxygen atoms in total. The van der Waals surface area contributed by atoms with E-state index < -0.39 is 9.05 Å². The molecule has 0 aliphatic carbocycles. The minimum Gasteiger partial charge on any atom is -0.490 e. The maximum Gasteiger partial charge on any atom is 0.236 e. The van der Waals surface area contributed by atoms with Gasteiger partial charge in [0.2, 0.25) is 9.05 Å². The van der Waals surface area contributed by atoms with E-state index >= 15 is 0 Å². The van der Waals surface area contributed by atoms with Gasteiger partial charge < -0.3 is 9.47 Å². The van der Waals surface area contributed by atoms with Crippen molar-refractivity contribution in [2.75, 3.05) is 13.2 Å². The Morgan fingerprint density at radius 3 is 2.71 bits per heavy atom. The van der Waals surface area contributed by atoms with E-state index in [1.54, 1.807) is 12.1 Å². The lowest BCUT2D eigenvalue weighted by Gasteiger charge is -2.11. The Morgan fingerprint density at radius 1 is 1.29 bits per heavy atom. The standard InChI is InChI=1S/C10H10BrClO4S/c11-9-7(6-17(12,13)14)2-3-8-10(9)16-5-1-4-15-8/h2-3H,1,4-6H2. The topological polar surface area (TPSA) is 52.6 Å². The van der Waals surface area contributed by atoms with Gasteiger partial charge in [0.15, 0.2) is 11.5 Å². The highest BCUT2D eigenvalue weighted by atomic mass is 79.9. The summed E-state index contributed by atoms with van der Waals surface area (Å²) in [6.45, 7) is 1.13. The second-order valence-corrected chi connectivity index (χ2v) is 7.17. The van der Waals surface area contributed by atoms with Crippen LogP contribution in [0.25, 0.3) is 0 Å². The van der Waals surface area contributed by atoms with E-state index in [2.05, 4.69) is 15.9 Å². The first kappa shape index (κ1) is 13.0. The van der Waals surface area contributed by atoms with Gasteiger partial charge in [0.05, 0.1) is 23.4 Å². The lowest BCUT2D eigenvalue weighted by molar-refractivity contribution is 0.296. The summed E-state index contributed by atoms with van der Waals surface area (Å²) in [6.07, 6.45) is 0.796. The predicted molar refractivity (Wildman–Crippen MR) is 68.2 cm³/mol. The van der Waals surface area contributed by atoms with Gasteiger partial charge in [-0.15, -0.1) is 0 Å². The third-order valence-corrected chi connectivity index (χ3v) is 4.11. The average molecular weight is 342 g/mol. The smallest absolute Gasteiger partial charge is 0.236 e. The Bertz CT molecular complexity index is 529. The Balaban J connectivity index is 2.41. The van der Waals surface area contributed by atoms with Crippen LogP contribution < -0.4 is 9.47 Å². The van der Waals surface area contributed by atoms with Crippen LogP contribution in [0.2, 0.25) is 0 Å². The molecule has 7 heteroatoms. The molecule has 94 valence electrons. The minimum absolute atomic E-state index is 0.244. The minimum atomic E-state index is -3.59. The first-order chi connectivity index (χ1) is 7.97. The highest BCUT2D eigenvalue weighted by Crippen LogP contribution is 2.39. The van der Waals surface area contributed by atoms with Crippen LogP contribution in [-0.4, -0.2) is 21.6 Å². The number of rotatable bonds is 2. The fourth-order valence-corrected chi connectivity index (χ4v) is 3.27. The molecule has 0 atom stereocenters. The van der Waals surface area contributed by atoms with Crippen LogP contribution in [0.3, 0.4) is 0 Å². The van der Waals surface area contributed by atoms with E-state index in [0.29, 0.717) is 34.7 Å². The Labute approximate surface area is 112 Å². The summed E-state index contributed by atoms with van der Waals surface area (Å²) in [5.41, 5.74) is 0.559. The molecule has 0 aromatic heterocycles. The summed E-state index contributed by atoms with van der Waals surface area (Å²) in [4.78, 5) is 0. The fraction of sp³-hybridized carbons (Fsp3) is 0.400. The molecular formula is C10H10BrClO4S. The Hall–Kier alpha value is -0.460. The second-order valence-electron chi connectivity index (χ2n) is 3.60. The molecule has 0 amide bonds. The van der Waals surface area contributed by atoms with Gasteiger partial charge in [0.25, 0.3) is 0 Å². The molecular weight excluding hydrogens is 332 g/mol. The molecule has 0 bridgehead atoms. The van der Waals surface area contributed by atoms with E-state index in [1.807, 2.05) is 0 Å². The van der Waals surface area contributed by atoms with Crippen molar-refractivity contribution in [3.63, 3.8) is 0 Å². The van der Waals surface area contributed by atoms with Crippen LogP contribution in [0, 0.1) is 0 Å². The number of halogens is 2. The summed E-state index contributed by atoms with van der Waals surface area (Å²) in [5, 5.41) is 0. The van der Waals surface area contributed by atoms with Gasteiger partial charge in [-0.05, 0) is 27.6 Å². The maximum absolute atomic E-state index is 11.1. The zero-order chi connectivity index (χ0) is 12.5. The molecule has 0 radical (unpaired) electrons. The van der Waals surface area contributed by atoms with Gasteiger partial charge in [-0.3, -0.25) is 0 Å². The number of hydrogen-bond acceptors (Lipinski definition) is 4. The van der Waals surface area contributed by atoms with Crippen molar-refractivity contribution in [1.82, 2.24) is 0 Å². The number of ether oxygens (including phenoxy) is 2. The van der Waals surface area contributed by atoms with Gasteiger partial charge >= 0.3 is 0 Å². The first-order valence-corrected chi connectivity index (χ1v) is 8.24. The van der Waals surface area contributed by atoms with E-state index in [1.165, 1.54) is 0 Å². The quantitative estimate of drug-likeness (QED) is 0.776. The zero-order valence-corrected chi connectivity index (χ0v) is 11.9. The summed E-state index contributed by atoms with van der Waals surface area (Å²) < 4.78 is 33.7. The van der Waals surface area contributed by atoms with Crippen molar-refractivity contribution >= 4 is 35.7 Å². The normalized spacial score (nSPS) is 15.4. The lowest BCUT2D eigenvalue weighted by Crippen LogP contribution is -1.99. The van der Waals surface area contributed by atoms with Gasteiger partial charge in [-0.1, -0.05) is 6.07 Å². The van der Waals surface area contributed by atoms with E-state index in [4.69, 9.17) is 20.2 Å². The summed E-state index contributed by atoms with van der Waals surface area (Å²) >= 11 is 3.33. The van der Waals surface area contributed by atoms with Crippen molar-refractivity contribution in [2.45, 2.75) is 12.2 Å². The Kier molecular flexibility index (Phi) is 3.85. The maximum atomic E-state index is 11.1. The number of hydrogen-bond donors (Lipinski definition) is 0. The molecule has 0 saturated carbocycles. The van der Waals surface area contributed by atoms with Crippen molar-refractivity contribution in [1.29, 1.82) is 0 Å². The van der Waals surface area contributed by atoms with Gasteiger partial charge in [-0.2, -0.15) is 0 Å². The van der Waals surface area contributed by atoms with E-state index in [-0.39, 0.29) is 5.75 Å². The van der Waals surface area contributed by atoms with Crippen molar-refractivity contribution in [3.05, 3.63) is 22.2 Å². The van der Waals surface area contributed by atoms with Crippen molar-refractivity contribution < 1.29 is 17.9 Å². The van der Waals surface area contributed by atoms with Crippen LogP contribution >= 0.6 is 26.6 Å². The van der Waals surface area contributed by atoms with Crippen molar-refractivity contribution in [3.8, 4) is 11.5 Å². The zero-order valence-electron chi connectivity index (χ0n) is 8.78. The van der Waals surface area contributed by atoms with Gasteiger partial charge in [-0.25, -0.2) is 8.42 Å². The third-order valence-electron chi connectivity index (χ3n) is 2.26. The predicted octanol–water partition coefficient (Wildman–Crippen LogP) is 2.68. The molecule has 17 heavy (non-hydrogen) atoms. The fourth-order valence-electron chi connectivity index (χ4n) is 1.54. The number of fused-ring (bicyclic) bond motifs is 1. The third kappa shape index (κ3) is 3.26. The van der Waals surface area contributed by atoms with Crippen LogP contribution in [0.5, 0.6) is 11.5 Å². The van der Waals surface area contributed by atoms with Crippen LogP contribution in [-0.2, 0) is 14.8 Å². The summed E-state index contributed by atoms with van der Waals surface area (Å²) in [6, 6.07) is 3.36. The lowest BCUT2D eigenvalue weighted by atomic mass is 10.2. The summed E-state index contributed by atoms with van der Waals surface area (Å²) in [5.74, 6) is 0.914. The largest absolute Gasteiger partial charge is 0.490 e. The van der Waals surface area contributed by atoms with E-state index in [9.17, 15) is 8.42 Å². The monoisotopic (exact) mass is 340 g/mol. The van der Waals surface area contributed by atoms with Gasteiger partial charge in [0.1, 0.15) is 0 Å². The van der Waals surface area contributed by atoms with Crippen LogP contribution in [0.1, 0.15) is 12.0 Å². The SMILES string of the molecule is O=S(=O)(Cl)Cc1ccc2c(c1Br)OCCCO2. The molecule has 0 fully saturated rings. The average Bonchev–Trinajstić information content (AvgIpc) is 2.46. The molecule has 1 aromatic carbocycles. The Morgan fingerprint density at radius 2 is 2.00 bits per heavy atom. The molecule has 2 rings (SSSR count). The summed E-state index contributed by atoms with van der Waals surface area (Å²) in [7, 11) is 1.64. The first-order valence-electron chi connectivity index (χ1n) is 4.97. The highest BCUT2D eigenvalue weighted by Gasteiger charge is 2.19. The molecule has 0 saturated heterocycles. The molecule has 0 N–H and O–H groups in total. The van der Waals surface area contributed by atoms with Crippen molar-refractivity contribution in [2.24, 2.45) is 0 Å². The highest BCUT2D eigenvalue weighted by molar-refractivity contribution is 9.10. The number of benzene rings is 1. The van der Waals surface area contributed by atoms with Gasteiger partial charge in [0, 0.05) is 17.1 Å². The molecule has 1 heterocycles. The molecule has 1 aliphatic rings. The molecule has 0 spiro atoms. The molecule has 0 unspecified atom stereocenters.